The second-order valence-electron chi connectivity index (χ2n) is 6.42. The molecule has 0 aliphatic heterocycles. The van der Waals surface area contributed by atoms with Crippen molar-refractivity contribution in [3.05, 3.63) is 91.7 Å². The first-order chi connectivity index (χ1) is 15.0. The lowest BCUT2D eigenvalue weighted by molar-refractivity contribution is 0.283. The Hall–Kier alpha value is -3.80. The first kappa shape index (κ1) is 21.9. The number of ether oxygens (including phenoxy) is 2. The van der Waals surface area contributed by atoms with Crippen molar-refractivity contribution in [3.63, 3.8) is 0 Å². The van der Waals surface area contributed by atoms with E-state index in [9.17, 15) is 9.59 Å². The molecular formula is C22H19ClN4O4. The lowest BCUT2D eigenvalue weighted by atomic mass is 10.2. The van der Waals surface area contributed by atoms with Crippen LogP contribution in [0, 0.1) is 11.3 Å². The SMILES string of the molecule is N#CC=Cc1cc(Cl)cc(Oc2ccc(CN)cc2OCCn2ccc(=O)[nH]c2=O)c1. The zero-order chi connectivity index (χ0) is 22.2. The molecule has 0 radical (unpaired) electrons. The second-order valence-corrected chi connectivity index (χ2v) is 6.86. The highest BCUT2D eigenvalue weighted by Crippen LogP contribution is 2.34. The van der Waals surface area contributed by atoms with Crippen LogP contribution in [0.4, 0.5) is 0 Å². The van der Waals surface area contributed by atoms with Crippen LogP contribution >= 0.6 is 11.6 Å². The van der Waals surface area contributed by atoms with Gasteiger partial charge in [0.05, 0.1) is 12.6 Å². The zero-order valence-electron chi connectivity index (χ0n) is 16.4. The van der Waals surface area contributed by atoms with Crippen LogP contribution in [0.1, 0.15) is 11.1 Å². The molecule has 0 atom stereocenters. The molecule has 0 fully saturated rings. The molecule has 1 aromatic heterocycles. The zero-order valence-corrected chi connectivity index (χ0v) is 17.1. The fourth-order valence-corrected chi connectivity index (χ4v) is 2.98. The number of rotatable bonds is 8. The molecule has 8 nitrogen and oxygen atoms in total. The lowest BCUT2D eigenvalue weighted by Crippen LogP contribution is -2.30. The summed E-state index contributed by atoms with van der Waals surface area (Å²) in [4.78, 5) is 25.2. The van der Waals surface area contributed by atoms with Gasteiger partial charge >= 0.3 is 5.69 Å². The quantitative estimate of drug-likeness (QED) is 0.521. The summed E-state index contributed by atoms with van der Waals surface area (Å²) in [7, 11) is 0. The number of nitrogens with one attached hydrogen (secondary N) is 1. The Morgan fingerprint density at radius 1 is 1.16 bits per heavy atom. The van der Waals surface area contributed by atoms with Gasteiger partial charge in [0.15, 0.2) is 11.5 Å². The van der Waals surface area contributed by atoms with Crippen molar-refractivity contribution in [1.82, 2.24) is 9.55 Å². The van der Waals surface area contributed by atoms with E-state index >= 15 is 0 Å². The molecule has 0 bridgehead atoms. The molecule has 0 saturated heterocycles. The van der Waals surface area contributed by atoms with Gasteiger partial charge in [-0.1, -0.05) is 17.7 Å². The highest BCUT2D eigenvalue weighted by atomic mass is 35.5. The summed E-state index contributed by atoms with van der Waals surface area (Å²) in [5.74, 6) is 1.34. The summed E-state index contributed by atoms with van der Waals surface area (Å²) in [5, 5.41) is 9.17. The third kappa shape index (κ3) is 6.09. The molecule has 158 valence electrons. The molecule has 0 unspecified atom stereocenters. The summed E-state index contributed by atoms with van der Waals surface area (Å²) >= 11 is 6.16. The monoisotopic (exact) mass is 438 g/mol. The van der Waals surface area contributed by atoms with E-state index in [2.05, 4.69) is 4.98 Å². The van der Waals surface area contributed by atoms with E-state index in [1.807, 2.05) is 12.1 Å². The van der Waals surface area contributed by atoms with E-state index in [0.717, 1.165) is 5.56 Å². The minimum absolute atomic E-state index is 0.155. The Labute approximate surface area is 182 Å². The molecule has 0 amide bonds. The van der Waals surface area contributed by atoms with Crippen LogP contribution in [0.2, 0.25) is 5.02 Å². The lowest BCUT2D eigenvalue weighted by Gasteiger charge is -2.15. The highest BCUT2D eigenvalue weighted by Gasteiger charge is 2.10. The predicted octanol–water partition coefficient (Wildman–Crippen LogP) is 3.06. The molecule has 3 aromatic rings. The number of benzene rings is 2. The van der Waals surface area contributed by atoms with E-state index < -0.39 is 11.2 Å². The standard InChI is InChI=1S/C22H19ClN4O4/c23-17-10-15(2-1-6-24)11-18(13-17)31-19-4-3-16(14-25)12-20(19)30-9-8-27-7-5-21(28)26-22(27)29/h1-5,7,10-13H,8-9,14,25H2,(H,26,28,29). The summed E-state index contributed by atoms with van der Waals surface area (Å²) in [6, 6.07) is 13.6. The first-order valence-corrected chi connectivity index (χ1v) is 9.66. The van der Waals surface area contributed by atoms with Crippen LogP contribution in [0.15, 0.2) is 64.3 Å². The summed E-state index contributed by atoms with van der Waals surface area (Å²) in [5.41, 5.74) is 6.31. The molecule has 0 saturated carbocycles. The minimum Gasteiger partial charge on any atom is -0.488 e. The van der Waals surface area contributed by atoms with Gasteiger partial charge in [-0.05, 0) is 47.5 Å². The van der Waals surface area contributed by atoms with Crippen LogP contribution in [-0.4, -0.2) is 16.2 Å². The number of aromatic amines is 1. The Bertz CT molecular complexity index is 1260. The number of halogens is 1. The van der Waals surface area contributed by atoms with Gasteiger partial charge in [0.2, 0.25) is 0 Å². The van der Waals surface area contributed by atoms with Gasteiger partial charge in [-0.25, -0.2) is 4.79 Å². The van der Waals surface area contributed by atoms with Crippen molar-refractivity contribution in [2.75, 3.05) is 6.61 Å². The van der Waals surface area contributed by atoms with E-state index in [1.54, 1.807) is 36.4 Å². The van der Waals surface area contributed by atoms with Crippen LogP contribution in [0.3, 0.4) is 0 Å². The molecule has 3 rings (SSSR count). The van der Waals surface area contributed by atoms with Gasteiger partial charge < -0.3 is 15.2 Å². The number of hydrogen-bond acceptors (Lipinski definition) is 6. The van der Waals surface area contributed by atoms with Crippen LogP contribution in [-0.2, 0) is 13.1 Å². The molecule has 1 heterocycles. The molecule has 0 aliphatic rings. The topological polar surface area (TPSA) is 123 Å². The smallest absolute Gasteiger partial charge is 0.328 e. The Balaban J connectivity index is 1.81. The maximum absolute atomic E-state index is 11.8. The van der Waals surface area contributed by atoms with Crippen LogP contribution in [0.25, 0.3) is 6.08 Å². The minimum atomic E-state index is -0.514. The fraction of sp³-hybridized carbons (Fsp3) is 0.136. The Morgan fingerprint density at radius 3 is 2.74 bits per heavy atom. The molecule has 31 heavy (non-hydrogen) atoms. The summed E-state index contributed by atoms with van der Waals surface area (Å²) < 4.78 is 13.1. The van der Waals surface area contributed by atoms with Gasteiger partial charge in [0, 0.05) is 29.9 Å². The maximum atomic E-state index is 11.8. The Kier molecular flexibility index (Phi) is 7.27. The summed E-state index contributed by atoms with van der Waals surface area (Å²) in [6.45, 7) is 0.695. The predicted molar refractivity (Wildman–Crippen MR) is 117 cm³/mol. The van der Waals surface area contributed by atoms with Crippen molar-refractivity contribution in [2.45, 2.75) is 13.1 Å². The normalized spacial score (nSPS) is 10.7. The number of aromatic nitrogens is 2. The van der Waals surface area contributed by atoms with Crippen molar-refractivity contribution >= 4 is 17.7 Å². The fourth-order valence-electron chi connectivity index (χ4n) is 2.75. The van der Waals surface area contributed by atoms with Crippen molar-refractivity contribution in [2.24, 2.45) is 5.73 Å². The van der Waals surface area contributed by atoms with E-state index in [4.69, 9.17) is 32.1 Å². The average Bonchev–Trinajstić information content (AvgIpc) is 2.74. The van der Waals surface area contributed by atoms with Crippen molar-refractivity contribution < 1.29 is 9.47 Å². The first-order valence-electron chi connectivity index (χ1n) is 9.28. The van der Waals surface area contributed by atoms with Gasteiger partial charge in [0.25, 0.3) is 5.56 Å². The van der Waals surface area contributed by atoms with E-state index in [-0.39, 0.29) is 13.2 Å². The highest BCUT2D eigenvalue weighted by molar-refractivity contribution is 6.30. The molecule has 3 N–H and O–H groups in total. The number of nitriles is 1. The molecule has 0 spiro atoms. The van der Waals surface area contributed by atoms with E-state index in [0.29, 0.717) is 34.4 Å². The summed E-state index contributed by atoms with van der Waals surface area (Å²) in [6.07, 6.45) is 4.37. The maximum Gasteiger partial charge on any atom is 0.328 e. The van der Waals surface area contributed by atoms with Gasteiger partial charge in [-0.15, -0.1) is 0 Å². The molecular weight excluding hydrogens is 420 g/mol. The van der Waals surface area contributed by atoms with Gasteiger partial charge in [0.1, 0.15) is 12.4 Å². The number of allylic oxidation sites excluding steroid dienone is 1. The molecule has 2 aromatic carbocycles. The molecule has 9 heteroatoms. The number of hydrogen-bond donors (Lipinski definition) is 2. The van der Waals surface area contributed by atoms with Crippen LogP contribution in [0.5, 0.6) is 17.2 Å². The third-order valence-corrected chi connectivity index (χ3v) is 4.42. The van der Waals surface area contributed by atoms with Crippen molar-refractivity contribution in [3.8, 4) is 23.3 Å². The second kappa shape index (κ2) is 10.3. The van der Waals surface area contributed by atoms with Gasteiger partial charge in [-0.3, -0.25) is 14.3 Å². The molecule has 0 aliphatic carbocycles. The third-order valence-electron chi connectivity index (χ3n) is 4.20. The largest absolute Gasteiger partial charge is 0.488 e. The van der Waals surface area contributed by atoms with Crippen LogP contribution < -0.4 is 26.5 Å². The van der Waals surface area contributed by atoms with E-state index in [1.165, 1.54) is 22.9 Å². The number of H-pyrrole nitrogens is 1. The number of nitrogens with two attached hydrogens (primary N) is 1. The average molecular weight is 439 g/mol. The Morgan fingerprint density at radius 2 is 2.00 bits per heavy atom. The number of nitrogens with zero attached hydrogens (tertiary/aromatic N) is 2. The van der Waals surface area contributed by atoms with Gasteiger partial charge in [-0.2, -0.15) is 5.26 Å². The van der Waals surface area contributed by atoms with Crippen molar-refractivity contribution in [1.29, 1.82) is 5.26 Å².